The minimum Gasteiger partial charge on any atom is -0.756 e. The number of phosphoric acid groups is 1. The van der Waals surface area contributed by atoms with Crippen LogP contribution in [0.25, 0.3) is 0 Å². The first-order chi connectivity index (χ1) is 21.4. The third-order valence-electron chi connectivity index (χ3n) is 8.10. The lowest BCUT2D eigenvalue weighted by Crippen LogP contribution is -2.51. The molecule has 0 aliphatic rings. The average molecular weight is 663 g/mol. The van der Waals surface area contributed by atoms with Gasteiger partial charge in [-0.1, -0.05) is 116 Å². The highest BCUT2D eigenvalue weighted by Gasteiger charge is 2.29. The van der Waals surface area contributed by atoms with Crippen LogP contribution in [0.3, 0.4) is 0 Å². The van der Waals surface area contributed by atoms with Crippen LogP contribution in [-0.2, 0) is 18.4 Å². The quantitative estimate of drug-likeness (QED) is 0.0301. The number of carbonyl (C=O) groups excluding carboxylic acids is 1. The van der Waals surface area contributed by atoms with Gasteiger partial charge in [0.25, 0.3) is 7.82 Å². The topological polar surface area (TPSA) is 128 Å². The standard InChI is InChI=1S/C35H71N2O7P/c1-6-8-10-12-14-16-17-18-20-21-23-25-27-33(38)35(40)32(31-44-45(41,42)43-30-29-37(3,4)5)36-34(39)28-26-24-22-19-15-13-11-9-7-2/h20-21,32-33,35,38,40H,6-19,22-31H2,1-5H3,(H-,36,39,41,42)/b21-20+. The third-order valence-corrected chi connectivity index (χ3v) is 9.06. The van der Waals surface area contributed by atoms with E-state index in [1.165, 1.54) is 77.0 Å². The van der Waals surface area contributed by atoms with Crippen LogP contribution in [0.2, 0.25) is 0 Å². The molecule has 0 aromatic rings. The molecule has 4 unspecified atom stereocenters. The maximum absolute atomic E-state index is 12.7. The summed E-state index contributed by atoms with van der Waals surface area (Å²) in [6.45, 7) is 4.35. The first-order valence-electron chi connectivity index (χ1n) is 18.1. The van der Waals surface area contributed by atoms with Gasteiger partial charge in [0.2, 0.25) is 5.91 Å². The van der Waals surface area contributed by atoms with E-state index < -0.39 is 32.7 Å². The molecular formula is C35H71N2O7P. The molecule has 1 amide bonds. The maximum atomic E-state index is 12.7. The maximum Gasteiger partial charge on any atom is 0.268 e. The highest BCUT2D eigenvalue weighted by Crippen LogP contribution is 2.38. The van der Waals surface area contributed by atoms with Crippen LogP contribution in [-0.4, -0.2) is 79.8 Å². The highest BCUT2D eigenvalue weighted by atomic mass is 31.2. The summed E-state index contributed by atoms with van der Waals surface area (Å²) in [6.07, 6.45) is 24.0. The Morgan fingerprint density at radius 2 is 1.27 bits per heavy atom. The van der Waals surface area contributed by atoms with Gasteiger partial charge < -0.3 is 34.0 Å². The van der Waals surface area contributed by atoms with E-state index in [1.54, 1.807) is 0 Å². The number of nitrogens with one attached hydrogen (secondary N) is 1. The second kappa shape index (κ2) is 28.2. The van der Waals surface area contributed by atoms with Gasteiger partial charge in [-0.3, -0.25) is 9.36 Å². The van der Waals surface area contributed by atoms with Crippen molar-refractivity contribution in [1.29, 1.82) is 0 Å². The molecule has 0 aromatic heterocycles. The largest absolute Gasteiger partial charge is 0.756 e. The summed E-state index contributed by atoms with van der Waals surface area (Å²) >= 11 is 0. The van der Waals surface area contributed by atoms with E-state index >= 15 is 0 Å². The van der Waals surface area contributed by atoms with E-state index in [0.29, 0.717) is 30.3 Å². The normalized spacial score (nSPS) is 15.6. The fourth-order valence-electron chi connectivity index (χ4n) is 5.07. The van der Waals surface area contributed by atoms with Gasteiger partial charge in [-0.25, -0.2) is 0 Å². The van der Waals surface area contributed by atoms with E-state index in [4.69, 9.17) is 9.05 Å². The number of rotatable bonds is 32. The number of likely N-dealkylation sites (N-methyl/N-ethyl adjacent to an activating group) is 1. The van der Waals surface area contributed by atoms with Crippen LogP contribution in [0.1, 0.15) is 149 Å². The lowest BCUT2D eigenvalue weighted by molar-refractivity contribution is -0.870. The minimum absolute atomic E-state index is 0.0441. The van der Waals surface area contributed by atoms with Gasteiger partial charge in [0.1, 0.15) is 19.3 Å². The second-order valence-electron chi connectivity index (χ2n) is 13.7. The Kier molecular flexibility index (Phi) is 27.7. The van der Waals surface area contributed by atoms with Gasteiger partial charge in [0.15, 0.2) is 0 Å². The van der Waals surface area contributed by atoms with Crippen LogP contribution in [0.15, 0.2) is 12.2 Å². The summed E-state index contributed by atoms with van der Waals surface area (Å²) in [4.78, 5) is 25.1. The fraction of sp³-hybridized carbons (Fsp3) is 0.914. The molecule has 3 N–H and O–H groups in total. The van der Waals surface area contributed by atoms with Crippen molar-refractivity contribution in [3.8, 4) is 0 Å². The smallest absolute Gasteiger partial charge is 0.268 e. The number of allylic oxidation sites excluding steroid dienone is 2. The first-order valence-corrected chi connectivity index (χ1v) is 19.6. The lowest BCUT2D eigenvalue weighted by Gasteiger charge is -2.31. The van der Waals surface area contributed by atoms with E-state index in [9.17, 15) is 24.5 Å². The number of hydrogen-bond donors (Lipinski definition) is 3. The van der Waals surface area contributed by atoms with Crippen LogP contribution >= 0.6 is 7.82 Å². The molecule has 4 atom stereocenters. The second-order valence-corrected chi connectivity index (χ2v) is 15.1. The van der Waals surface area contributed by atoms with Crippen molar-refractivity contribution < 1.29 is 38.0 Å². The summed E-state index contributed by atoms with van der Waals surface area (Å²) < 4.78 is 22.9. The summed E-state index contributed by atoms with van der Waals surface area (Å²) in [5, 5.41) is 24.3. The van der Waals surface area contributed by atoms with Crippen LogP contribution in [0, 0.1) is 0 Å². The van der Waals surface area contributed by atoms with Crippen LogP contribution in [0.4, 0.5) is 0 Å². The number of aliphatic hydroxyl groups is 2. The first kappa shape index (κ1) is 44.2. The Hall–Kier alpha value is -0.800. The summed E-state index contributed by atoms with van der Waals surface area (Å²) in [7, 11) is 1.11. The summed E-state index contributed by atoms with van der Waals surface area (Å²) in [5.74, 6) is -0.294. The Morgan fingerprint density at radius 3 is 1.80 bits per heavy atom. The third kappa shape index (κ3) is 29.1. The Balaban J connectivity index is 4.71. The zero-order chi connectivity index (χ0) is 33.8. The molecular weight excluding hydrogens is 591 g/mol. The molecule has 10 heteroatoms. The van der Waals surface area contributed by atoms with Crippen molar-refractivity contribution >= 4 is 13.7 Å². The summed E-state index contributed by atoms with van der Waals surface area (Å²) in [6, 6.07) is -1.08. The summed E-state index contributed by atoms with van der Waals surface area (Å²) in [5.41, 5.74) is 0. The van der Waals surface area contributed by atoms with Gasteiger partial charge in [-0.15, -0.1) is 0 Å². The van der Waals surface area contributed by atoms with E-state index in [0.717, 1.165) is 32.1 Å². The number of hydrogen-bond acceptors (Lipinski definition) is 7. The highest BCUT2D eigenvalue weighted by molar-refractivity contribution is 7.45. The van der Waals surface area contributed by atoms with Crippen LogP contribution < -0.4 is 10.2 Å². The SMILES string of the molecule is CCCCCCCCC/C=C/CCCC(O)C(O)C(COP(=O)([O-])OCC[N+](C)(C)C)NC(=O)CCCCCCCCCCC. The number of aliphatic hydroxyl groups excluding tert-OH is 2. The zero-order valence-corrected chi connectivity index (χ0v) is 30.6. The molecule has 0 heterocycles. The molecule has 0 aromatic carbocycles. The number of amides is 1. The average Bonchev–Trinajstić information content (AvgIpc) is 2.97. The number of unbranched alkanes of at least 4 members (excludes halogenated alkanes) is 16. The lowest BCUT2D eigenvalue weighted by atomic mass is 10.0. The minimum atomic E-state index is -4.65. The monoisotopic (exact) mass is 662 g/mol. The molecule has 0 aliphatic carbocycles. The zero-order valence-electron chi connectivity index (χ0n) is 29.7. The number of nitrogens with zero attached hydrogens (tertiary/aromatic N) is 1. The fourth-order valence-corrected chi connectivity index (χ4v) is 5.80. The number of carbonyl (C=O) groups is 1. The molecule has 0 saturated heterocycles. The van der Waals surface area contributed by atoms with Crippen molar-refractivity contribution in [2.45, 2.75) is 167 Å². The number of quaternary nitrogens is 1. The van der Waals surface area contributed by atoms with Crippen molar-refractivity contribution in [2.75, 3.05) is 40.9 Å². The Morgan fingerprint density at radius 1 is 0.778 bits per heavy atom. The Bertz CT molecular complexity index is 776. The van der Waals surface area contributed by atoms with Crippen molar-refractivity contribution in [1.82, 2.24) is 5.32 Å². The predicted molar refractivity (Wildman–Crippen MR) is 184 cm³/mol. The molecule has 0 aliphatic heterocycles. The Labute approximate surface area is 276 Å². The van der Waals surface area contributed by atoms with E-state index in [-0.39, 0.29) is 18.9 Å². The molecule has 0 spiro atoms. The van der Waals surface area contributed by atoms with Crippen molar-refractivity contribution in [3.05, 3.63) is 12.2 Å². The molecule has 0 saturated carbocycles. The molecule has 45 heavy (non-hydrogen) atoms. The van der Waals surface area contributed by atoms with E-state index in [2.05, 4.69) is 31.3 Å². The van der Waals surface area contributed by atoms with Gasteiger partial charge in [-0.2, -0.15) is 0 Å². The molecule has 0 bridgehead atoms. The van der Waals surface area contributed by atoms with Crippen molar-refractivity contribution in [3.63, 3.8) is 0 Å². The molecule has 0 radical (unpaired) electrons. The molecule has 0 rings (SSSR count). The van der Waals surface area contributed by atoms with Gasteiger partial charge in [0, 0.05) is 6.42 Å². The predicted octanol–water partition coefficient (Wildman–Crippen LogP) is 7.19. The van der Waals surface area contributed by atoms with Crippen LogP contribution in [0.5, 0.6) is 0 Å². The molecule has 0 fully saturated rings. The van der Waals surface area contributed by atoms with Gasteiger partial charge in [0.05, 0.1) is 39.9 Å². The van der Waals surface area contributed by atoms with Crippen molar-refractivity contribution in [2.24, 2.45) is 0 Å². The van der Waals surface area contributed by atoms with E-state index in [1.807, 2.05) is 21.1 Å². The molecule has 268 valence electrons. The molecule has 9 nitrogen and oxygen atoms in total. The van der Waals surface area contributed by atoms with Gasteiger partial charge >= 0.3 is 0 Å². The van der Waals surface area contributed by atoms with Gasteiger partial charge in [-0.05, 0) is 38.5 Å². The number of phosphoric ester groups is 1.